The van der Waals surface area contributed by atoms with Gasteiger partial charge in [0, 0.05) is 47.6 Å². The molecular formula is C41H22N6S. The van der Waals surface area contributed by atoms with E-state index in [1.807, 2.05) is 72.8 Å². The van der Waals surface area contributed by atoms with Gasteiger partial charge < -0.3 is 4.57 Å². The molecule has 0 saturated heterocycles. The van der Waals surface area contributed by atoms with E-state index in [1.54, 1.807) is 23.5 Å². The number of hydrogen-bond donors (Lipinski definition) is 0. The van der Waals surface area contributed by atoms with Gasteiger partial charge in [-0.1, -0.05) is 103 Å². The van der Waals surface area contributed by atoms with E-state index in [1.165, 1.54) is 20.2 Å². The number of hydrogen-bond acceptors (Lipinski definition) is 5. The standard InChI is InChI=1S/C41H22N6S/c1-43-32-23-35(47-33-18-10-8-17-30(33)37-34(47)21-20-29-28-16-9-11-19-36(28)48-38(29)37)27(24-42)22-31(32)41-45-39(25-12-4-2-5-13-25)44-40(46-41)26-14-6-3-7-15-26/h2-23H. The van der Waals surface area contributed by atoms with E-state index in [0.29, 0.717) is 40.0 Å². The highest BCUT2D eigenvalue weighted by Crippen LogP contribution is 2.44. The lowest BCUT2D eigenvalue weighted by atomic mass is 10.0. The van der Waals surface area contributed by atoms with Crippen LogP contribution in [0.5, 0.6) is 0 Å². The van der Waals surface area contributed by atoms with Crippen molar-refractivity contribution in [1.29, 1.82) is 5.26 Å². The SMILES string of the molecule is [C-]#[N+]c1cc(-n2c3ccccc3c3c4sc5ccccc5c4ccc32)c(C#N)cc1-c1nc(-c2ccccc2)nc(-c2ccccc2)n1. The molecule has 0 aliphatic rings. The van der Waals surface area contributed by atoms with Gasteiger partial charge in [-0.25, -0.2) is 19.8 Å². The van der Waals surface area contributed by atoms with Crippen LogP contribution in [0.15, 0.2) is 133 Å². The quantitative estimate of drug-likeness (QED) is 0.181. The van der Waals surface area contributed by atoms with Crippen molar-refractivity contribution in [3.8, 4) is 45.9 Å². The lowest BCUT2D eigenvalue weighted by Crippen LogP contribution is -2.02. The van der Waals surface area contributed by atoms with Crippen molar-refractivity contribution in [2.24, 2.45) is 0 Å². The first-order chi connectivity index (χ1) is 23.7. The van der Waals surface area contributed by atoms with E-state index in [2.05, 4.69) is 64.0 Å². The van der Waals surface area contributed by atoms with Crippen LogP contribution in [-0.2, 0) is 0 Å². The fourth-order valence-corrected chi connectivity index (χ4v) is 7.81. The van der Waals surface area contributed by atoms with Crippen molar-refractivity contribution < 1.29 is 0 Å². The second kappa shape index (κ2) is 11.0. The first-order valence-corrected chi connectivity index (χ1v) is 16.2. The van der Waals surface area contributed by atoms with Crippen LogP contribution in [0.3, 0.4) is 0 Å². The highest BCUT2D eigenvalue weighted by atomic mass is 32.1. The van der Waals surface area contributed by atoms with Crippen LogP contribution >= 0.6 is 11.3 Å². The van der Waals surface area contributed by atoms with Crippen molar-refractivity contribution in [2.75, 3.05) is 0 Å². The average Bonchev–Trinajstić information content (AvgIpc) is 3.70. The van der Waals surface area contributed by atoms with Crippen LogP contribution in [0.4, 0.5) is 5.69 Å². The third-order valence-corrected chi connectivity index (χ3v) is 9.92. The minimum absolute atomic E-state index is 0.339. The Bertz CT molecular complexity index is 2740. The summed E-state index contributed by atoms with van der Waals surface area (Å²) in [7, 11) is 0. The molecule has 0 amide bonds. The van der Waals surface area contributed by atoms with E-state index < -0.39 is 0 Å². The molecule has 7 heteroatoms. The highest BCUT2D eigenvalue weighted by molar-refractivity contribution is 7.26. The Labute approximate surface area is 279 Å². The third kappa shape index (κ3) is 4.27. The van der Waals surface area contributed by atoms with Gasteiger partial charge in [0.1, 0.15) is 6.07 Å². The van der Waals surface area contributed by atoms with Crippen LogP contribution < -0.4 is 0 Å². The normalized spacial score (nSPS) is 11.3. The monoisotopic (exact) mass is 630 g/mol. The maximum absolute atomic E-state index is 10.6. The van der Waals surface area contributed by atoms with E-state index in [0.717, 1.165) is 32.9 Å². The lowest BCUT2D eigenvalue weighted by Gasteiger charge is -2.14. The third-order valence-electron chi connectivity index (χ3n) is 8.72. The average molecular weight is 631 g/mol. The zero-order chi connectivity index (χ0) is 32.2. The summed E-state index contributed by atoms with van der Waals surface area (Å²) in [5.41, 5.74) is 5.50. The molecule has 0 saturated carbocycles. The molecule has 0 N–H and O–H groups in total. The number of para-hydroxylation sites is 1. The van der Waals surface area contributed by atoms with Crippen molar-refractivity contribution in [3.63, 3.8) is 0 Å². The van der Waals surface area contributed by atoms with Gasteiger partial charge in [0.05, 0.1) is 28.9 Å². The molecule has 0 aliphatic carbocycles. The van der Waals surface area contributed by atoms with Crippen LogP contribution in [0.2, 0.25) is 0 Å². The van der Waals surface area contributed by atoms with E-state index in [-0.39, 0.29) is 0 Å². The Hall–Kier alpha value is -6.67. The highest BCUT2D eigenvalue weighted by Gasteiger charge is 2.22. The summed E-state index contributed by atoms with van der Waals surface area (Å²) < 4.78 is 4.55. The van der Waals surface area contributed by atoms with Gasteiger partial charge in [-0.15, -0.1) is 11.3 Å². The van der Waals surface area contributed by atoms with Crippen LogP contribution in [0.25, 0.3) is 86.7 Å². The molecule has 6 nitrogen and oxygen atoms in total. The fourth-order valence-electron chi connectivity index (χ4n) is 6.55. The summed E-state index contributed by atoms with van der Waals surface area (Å²) in [5, 5.41) is 15.3. The molecule has 0 atom stereocenters. The molecule has 9 rings (SSSR count). The van der Waals surface area contributed by atoms with Crippen LogP contribution in [0, 0.1) is 17.9 Å². The Morgan fingerprint density at radius 2 is 1.25 bits per heavy atom. The Kier molecular flexibility index (Phi) is 6.33. The number of fused-ring (bicyclic) bond motifs is 7. The number of rotatable bonds is 4. The Balaban J connectivity index is 1.31. The van der Waals surface area contributed by atoms with Gasteiger partial charge >= 0.3 is 0 Å². The maximum Gasteiger partial charge on any atom is 0.200 e. The number of aromatic nitrogens is 4. The predicted molar refractivity (Wildman–Crippen MR) is 194 cm³/mol. The number of thiophene rings is 1. The number of nitriles is 1. The smallest absolute Gasteiger partial charge is 0.200 e. The van der Waals surface area contributed by atoms with Crippen LogP contribution in [-0.4, -0.2) is 19.5 Å². The second-order valence-electron chi connectivity index (χ2n) is 11.4. The largest absolute Gasteiger partial charge is 0.309 e. The topological polar surface area (TPSA) is 71.8 Å². The van der Waals surface area contributed by atoms with Gasteiger partial charge in [-0.3, -0.25) is 0 Å². The first kappa shape index (κ1) is 27.6. The molecule has 3 heterocycles. The van der Waals surface area contributed by atoms with Gasteiger partial charge in [-0.2, -0.15) is 5.26 Å². The molecule has 0 radical (unpaired) electrons. The summed E-state index contributed by atoms with van der Waals surface area (Å²) in [6.45, 7) is 8.28. The minimum Gasteiger partial charge on any atom is -0.309 e. The second-order valence-corrected chi connectivity index (χ2v) is 12.5. The van der Waals surface area contributed by atoms with Gasteiger partial charge in [-0.05, 0) is 30.3 Å². The molecule has 3 aromatic heterocycles. The minimum atomic E-state index is 0.339. The molecule has 6 aromatic carbocycles. The van der Waals surface area contributed by atoms with Gasteiger partial charge in [0.25, 0.3) is 0 Å². The molecule has 48 heavy (non-hydrogen) atoms. The van der Waals surface area contributed by atoms with Gasteiger partial charge in [0.2, 0.25) is 0 Å². The summed E-state index contributed by atoms with van der Waals surface area (Å²) >= 11 is 1.78. The molecule has 0 spiro atoms. The molecule has 0 bridgehead atoms. The molecule has 9 aromatic rings. The number of benzene rings is 6. The molecule has 222 valence electrons. The summed E-state index contributed by atoms with van der Waals surface area (Å²) in [6, 6.07) is 46.5. The zero-order valence-corrected chi connectivity index (χ0v) is 26.1. The molecule has 0 aliphatic heterocycles. The van der Waals surface area contributed by atoms with Crippen molar-refractivity contribution in [3.05, 3.63) is 150 Å². The van der Waals surface area contributed by atoms with E-state index in [4.69, 9.17) is 21.5 Å². The van der Waals surface area contributed by atoms with Crippen LogP contribution in [0.1, 0.15) is 5.56 Å². The van der Waals surface area contributed by atoms with Crippen molar-refractivity contribution in [1.82, 2.24) is 19.5 Å². The van der Waals surface area contributed by atoms with Gasteiger partial charge in [0.15, 0.2) is 23.2 Å². The fraction of sp³-hybridized carbons (Fsp3) is 0. The summed E-state index contributed by atoms with van der Waals surface area (Å²) in [5.74, 6) is 1.33. The number of nitrogens with zero attached hydrogens (tertiary/aromatic N) is 6. The predicted octanol–water partition coefficient (Wildman–Crippen LogP) is 10.8. The van der Waals surface area contributed by atoms with E-state index in [9.17, 15) is 5.26 Å². The molecule has 0 fully saturated rings. The maximum atomic E-state index is 10.6. The van der Waals surface area contributed by atoms with E-state index >= 15 is 0 Å². The van der Waals surface area contributed by atoms with Crippen molar-refractivity contribution >= 4 is 59.0 Å². The first-order valence-electron chi connectivity index (χ1n) is 15.4. The zero-order valence-electron chi connectivity index (χ0n) is 25.3. The molecular weight excluding hydrogens is 609 g/mol. The molecule has 0 unspecified atom stereocenters. The summed E-state index contributed by atoms with van der Waals surface area (Å²) in [4.78, 5) is 18.5. The lowest BCUT2D eigenvalue weighted by molar-refractivity contribution is 1.07. The van der Waals surface area contributed by atoms with Crippen molar-refractivity contribution in [2.45, 2.75) is 0 Å². The summed E-state index contributed by atoms with van der Waals surface area (Å²) in [6.07, 6.45) is 0. The Morgan fingerprint density at radius 1 is 0.625 bits per heavy atom. The Morgan fingerprint density at radius 3 is 1.94 bits per heavy atom.